The Bertz CT molecular complexity index is 1230. The third-order valence-corrected chi connectivity index (χ3v) is 7.18. The zero-order valence-electron chi connectivity index (χ0n) is 20.4. The molecule has 2 aromatic carbocycles. The fourth-order valence-electron chi connectivity index (χ4n) is 4.93. The number of aromatic nitrogens is 2. The molecule has 2 aliphatic rings. The van der Waals surface area contributed by atoms with E-state index in [0.29, 0.717) is 34.1 Å². The summed E-state index contributed by atoms with van der Waals surface area (Å²) in [6.45, 7) is 3.91. The van der Waals surface area contributed by atoms with Gasteiger partial charge in [-0.15, -0.1) is 0 Å². The molecule has 1 amide bonds. The van der Waals surface area contributed by atoms with Gasteiger partial charge in [0.2, 0.25) is 5.95 Å². The first-order chi connectivity index (χ1) is 17.6. The number of halogens is 1. The Labute approximate surface area is 216 Å². The molecule has 36 heavy (non-hydrogen) atoms. The lowest BCUT2D eigenvalue weighted by molar-refractivity contribution is 0.0355. The van der Waals surface area contributed by atoms with E-state index in [-0.39, 0.29) is 5.91 Å². The molecule has 5 rings (SSSR count). The van der Waals surface area contributed by atoms with Crippen LogP contribution in [0.25, 0.3) is 0 Å². The van der Waals surface area contributed by atoms with Gasteiger partial charge in [-0.25, -0.2) is 4.98 Å². The third kappa shape index (κ3) is 5.61. The molecule has 1 aromatic heterocycles. The molecule has 3 heterocycles. The molecule has 0 aliphatic carbocycles. The Kier molecular flexibility index (Phi) is 7.65. The maximum Gasteiger partial charge on any atom is 0.253 e. The minimum Gasteiger partial charge on any atom is -0.381 e. The van der Waals surface area contributed by atoms with Crippen LogP contribution in [0.2, 0.25) is 5.02 Å². The lowest BCUT2D eigenvalue weighted by Crippen LogP contribution is -2.40. The SMILES string of the molecule is CNC(=O)c1ccccc1Nc1nc(Nc2ccc3c(c2)CCN(C2CCOCC2)CC3)ncc1Cl. The van der Waals surface area contributed by atoms with E-state index in [1.165, 1.54) is 11.1 Å². The Morgan fingerprint density at radius 2 is 1.83 bits per heavy atom. The second-order valence-electron chi connectivity index (χ2n) is 9.13. The van der Waals surface area contributed by atoms with Crippen LogP contribution in [-0.4, -0.2) is 60.2 Å². The molecule has 0 bridgehead atoms. The molecular weight excluding hydrogens is 476 g/mol. The quantitative estimate of drug-likeness (QED) is 0.451. The first kappa shape index (κ1) is 24.5. The lowest BCUT2D eigenvalue weighted by Gasteiger charge is -2.33. The van der Waals surface area contributed by atoms with E-state index in [0.717, 1.165) is 57.7 Å². The number of nitrogens with one attached hydrogen (secondary N) is 3. The molecule has 0 spiro atoms. The standard InChI is InChI=1S/C27H31ClN6O2/c1-29-26(35)22-4-2-3-5-24(22)32-25-23(28)17-30-27(33-25)31-20-7-6-18-8-12-34(13-9-19(18)16-20)21-10-14-36-15-11-21/h2-7,16-17,21H,8-15H2,1H3,(H,29,35)(H2,30,31,32,33). The van der Waals surface area contributed by atoms with Gasteiger partial charge in [0.05, 0.1) is 17.4 Å². The summed E-state index contributed by atoms with van der Waals surface area (Å²) >= 11 is 6.38. The molecule has 2 aliphatic heterocycles. The molecule has 9 heteroatoms. The first-order valence-corrected chi connectivity index (χ1v) is 12.8. The maximum atomic E-state index is 12.2. The van der Waals surface area contributed by atoms with Gasteiger partial charge in [-0.2, -0.15) is 4.98 Å². The summed E-state index contributed by atoms with van der Waals surface area (Å²) in [5, 5.41) is 9.51. The molecule has 8 nitrogen and oxygen atoms in total. The van der Waals surface area contributed by atoms with E-state index in [2.05, 4.69) is 49.0 Å². The van der Waals surface area contributed by atoms with Crippen LogP contribution in [-0.2, 0) is 17.6 Å². The van der Waals surface area contributed by atoms with Crippen molar-refractivity contribution < 1.29 is 9.53 Å². The number of fused-ring (bicyclic) bond motifs is 1. The molecule has 0 saturated carbocycles. The summed E-state index contributed by atoms with van der Waals surface area (Å²) < 4.78 is 5.55. The molecule has 0 unspecified atom stereocenters. The van der Waals surface area contributed by atoms with Crippen LogP contribution < -0.4 is 16.0 Å². The van der Waals surface area contributed by atoms with Gasteiger partial charge >= 0.3 is 0 Å². The lowest BCUT2D eigenvalue weighted by atomic mass is 10.0. The molecular formula is C27H31ClN6O2. The summed E-state index contributed by atoms with van der Waals surface area (Å²) in [6, 6.07) is 14.3. The minimum absolute atomic E-state index is 0.193. The summed E-state index contributed by atoms with van der Waals surface area (Å²) in [5.74, 6) is 0.658. The molecule has 3 aromatic rings. The van der Waals surface area contributed by atoms with E-state index in [9.17, 15) is 4.79 Å². The molecule has 188 valence electrons. The van der Waals surface area contributed by atoms with Crippen molar-refractivity contribution in [3.8, 4) is 0 Å². The fraction of sp³-hybridized carbons (Fsp3) is 0.370. The topological polar surface area (TPSA) is 91.4 Å². The summed E-state index contributed by atoms with van der Waals surface area (Å²) in [6.07, 6.45) is 5.88. The number of hydrogen-bond acceptors (Lipinski definition) is 7. The average molecular weight is 507 g/mol. The number of hydrogen-bond donors (Lipinski definition) is 3. The van der Waals surface area contributed by atoms with Gasteiger partial charge < -0.3 is 20.7 Å². The summed E-state index contributed by atoms with van der Waals surface area (Å²) in [7, 11) is 1.60. The zero-order chi connectivity index (χ0) is 24.9. The van der Waals surface area contributed by atoms with Gasteiger partial charge in [0.1, 0.15) is 5.02 Å². The van der Waals surface area contributed by atoms with Gasteiger partial charge in [-0.05, 0) is 61.1 Å². The van der Waals surface area contributed by atoms with Crippen LogP contribution in [0.4, 0.5) is 23.1 Å². The third-order valence-electron chi connectivity index (χ3n) is 6.90. The average Bonchev–Trinajstić information content (AvgIpc) is 3.13. The van der Waals surface area contributed by atoms with Crippen molar-refractivity contribution in [2.24, 2.45) is 0 Å². The maximum absolute atomic E-state index is 12.2. The van der Waals surface area contributed by atoms with Gasteiger partial charge in [-0.3, -0.25) is 9.69 Å². The second kappa shape index (κ2) is 11.2. The Morgan fingerprint density at radius 3 is 2.64 bits per heavy atom. The second-order valence-corrected chi connectivity index (χ2v) is 9.54. The van der Waals surface area contributed by atoms with Gasteiger partial charge in [0.15, 0.2) is 5.82 Å². The Balaban J connectivity index is 1.30. The number of carbonyl (C=O) groups excluding carboxylic acids is 1. The predicted octanol–water partition coefficient (Wildman–Crippen LogP) is 4.56. The fourth-order valence-corrected chi connectivity index (χ4v) is 5.07. The van der Waals surface area contributed by atoms with Crippen molar-refractivity contribution >= 4 is 40.6 Å². The number of amides is 1. The number of rotatable bonds is 6. The first-order valence-electron chi connectivity index (χ1n) is 12.4. The number of anilines is 4. The normalized spacial score (nSPS) is 16.6. The molecule has 1 saturated heterocycles. The van der Waals surface area contributed by atoms with Gasteiger partial charge in [0.25, 0.3) is 5.91 Å². The van der Waals surface area contributed by atoms with Gasteiger partial charge in [-0.1, -0.05) is 29.8 Å². The molecule has 3 N–H and O–H groups in total. The number of para-hydroxylation sites is 1. The smallest absolute Gasteiger partial charge is 0.253 e. The van der Waals surface area contributed by atoms with E-state index >= 15 is 0 Å². The van der Waals surface area contributed by atoms with Crippen molar-refractivity contribution in [2.45, 2.75) is 31.7 Å². The van der Waals surface area contributed by atoms with E-state index in [4.69, 9.17) is 16.3 Å². The van der Waals surface area contributed by atoms with E-state index in [1.54, 1.807) is 19.3 Å². The van der Waals surface area contributed by atoms with Gasteiger partial charge in [0, 0.05) is 45.1 Å². The number of ether oxygens (including phenoxy) is 1. The van der Waals surface area contributed by atoms with Crippen molar-refractivity contribution in [3.63, 3.8) is 0 Å². The monoisotopic (exact) mass is 506 g/mol. The van der Waals surface area contributed by atoms with Crippen LogP contribution in [0.3, 0.4) is 0 Å². The highest BCUT2D eigenvalue weighted by Gasteiger charge is 2.23. The van der Waals surface area contributed by atoms with E-state index < -0.39 is 0 Å². The number of carbonyl (C=O) groups is 1. The number of nitrogens with zero attached hydrogens (tertiary/aromatic N) is 3. The number of benzene rings is 2. The van der Waals surface area contributed by atoms with Crippen molar-refractivity contribution in [1.82, 2.24) is 20.2 Å². The van der Waals surface area contributed by atoms with Crippen LogP contribution >= 0.6 is 11.6 Å². The van der Waals surface area contributed by atoms with Crippen LogP contribution in [0, 0.1) is 0 Å². The highest BCUT2D eigenvalue weighted by molar-refractivity contribution is 6.33. The van der Waals surface area contributed by atoms with Crippen molar-refractivity contribution in [1.29, 1.82) is 0 Å². The summed E-state index contributed by atoms with van der Waals surface area (Å²) in [5.41, 5.74) is 4.82. The predicted molar refractivity (Wildman–Crippen MR) is 143 cm³/mol. The van der Waals surface area contributed by atoms with Crippen molar-refractivity contribution in [3.05, 3.63) is 70.4 Å². The molecule has 0 radical (unpaired) electrons. The molecule has 0 atom stereocenters. The van der Waals surface area contributed by atoms with E-state index in [1.807, 2.05) is 18.2 Å². The molecule has 1 fully saturated rings. The summed E-state index contributed by atoms with van der Waals surface area (Å²) in [4.78, 5) is 23.8. The van der Waals surface area contributed by atoms with Crippen LogP contribution in [0.5, 0.6) is 0 Å². The van der Waals surface area contributed by atoms with Crippen molar-refractivity contribution in [2.75, 3.05) is 44.0 Å². The highest BCUT2D eigenvalue weighted by Crippen LogP contribution is 2.28. The minimum atomic E-state index is -0.193. The largest absolute Gasteiger partial charge is 0.381 e. The Hall–Kier alpha value is -3.20. The van der Waals surface area contributed by atoms with Crippen LogP contribution in [0.15, 0.2) is 48.7 Å². The zero-order valence-corrected chi connectivity index (χ0v) is 21.1. The van der Waals surface area contributed by atoms with Crippen LogP contribution in [0.1, 0.15) is 34.3 Å². The Morgan fingerprint density at radius 1 is 1.06 bits per heavy atom. The highest BCUT2D eigenvalue weighted by atomic mass is 35.5.